The van der Waals surface area contributed by atoms with Gasteiger partial charge in [0.05, 0.1) is 12.1 Å². The lowest BCUT2D eigenvalue weighted by molar-refractivity contribution is 0.0443. The molecule has 0 aromatic rings. The van der Waals surface area contributed by atoms with Crippen molar-refractivity contribution >= 4 is 0 Å². The van der Waals surface area contributed by atoms with Crippen LogP contribution in [-0.2, 0) is 0 Å². The minimum atomic E-state index is -0.0434. The van der Waals surface area contributed by atoms with Crippen LogP contribution in [0.25, 0.3) is 0 Å². The monoisotopic (exact) mass is 144 g/mol. The summed E-state index contributed by atoms with van der Waals surface area (Å²) in [6.45, 7) is 5.25. The Morgan fingerprint density at radius 1 is 1.70 bits per heavy atom. The first kappa shape index (κ1) is 7.98. The number of piperazine rings is 1. The number of aliphatic hydroxyl groups is 1. The minimum absolute atomic E-state index is 0.0434. The molecule has 0 spiro atoms. The van der Waals surface area contributed by atoms with Gasteiger partial charge in [-0.05, 0) is 14.0 Å². The van der Waals surface area contributed by atoms with E-state index in [-0.39, 0.29) is 12.1 Å². The second kappa shape index (κ2) is 2.86. The van der Waals surface area contributed by atoms with Gasteiger partial charge in [-0.1, -0.05) is 0 Å². The zero-order valence-electron chi connectivity index (χ0n) is 6.72. The SMILES string of the molecule is CN1CCNCC1(C)CO. The lowest BCUT2D eigenvalue weighted by atomic mass is 10.00. The van der Waals surface area contributed by atoms with Crippen LogP contribution in [0.1, 0.15) is 6.92 Å². The van der Waals surface area contributed by atoms with Gasteiger partial charge in [-0.25, -0.2) is 0 Å². The Bertz CT molecular complexity index is 118. The molecule has 0 amide bonds. The highest BCUT2D eigenvalue weighted by Crippen LogP contribution is 2.12. The van der Waals surface area contributed by atoms with E-state index in [9.17, 15) is 0 Å². The minimum Gasteiger partial charge on any atom is -0.394 e. The molecule has 60 valence electrons. The van der Waals surface area contributed by atoms with Gasteiger partial charge in [0.1, 0.15) is 0 Å². The summed E-state index contributed by atoms with van der Waals surface area (Å²) < 4.78 is 0. The molecule has 1 aliphatic rings. The topological polar surface area (TPSA) is 35.5 Å². The fraction of sp³-hybridized carbons (Fsp3) is 1.00. The van der Waals surface area contributed by atoms with Crippen molar-refractivity contribution in [3.8, 4) is 0 Å². The van der Waals surface area contributed by atoms with Crippen LogP contribution in [-0.4, -0.2) is 48.8 Å². The predicted molar refractivity (Wildman–Crippen MR) is 41.0 cm³/mol. The summed E-state index contributed by atoms with van der Waals surface area (Å²) in [7, 11) is 2.05. The number of aliphatic hydroxyl groups excluding tert-OH is 1. The van der Waals surface area contributed by atoms with Crippen LogP contribution < -0.4 is 5.32 Å². The van der Waals surface area contributed by atoms with Crippen LogP contribution in [0, 0.1) is 0 Å². The van der Waals surface area contributed by atoms with Crippen LogP contribution in [0.2, 0.25) is 0 Å². The van der Waals surface area contributed by atoms with Crippen molar-refractivity contribution < 1.29 is 5.11 Å². The van der Waals surface area contributed by atoms with E-state index in [0.29, 0.717) is 0 Å². The molecule has 1 saturated heterocycles. The summed E-state index contributed by atoms with van der Waals surface area (Å²) in [4.78, 5) is 2.20. The molecule has 0 radical (unpaired) electrons. The first-order valence-corrected chi connectivity index (χ1v) is 3.72. The highest BCUT2D eigenvalue weighted by Gasteiger charge is 2.30. The maximum atomic E-state index is 9.04. The quantitative estimate of drug-likeness (QED) is 0.509. The molecule has 0 aromatic carbocycles. The van der Waals surface area contributed by atoms with E-state index in [1.807, 2.05) is 0 Å². The van der Waals surface area contributed by atoms with Gasteiger partial charge in [-0.3, -0.25) is 4.90 Å². The summed E-state index contributed by atoms with van der Waals surface area (Å²) in [6, 6.07) is 0. The number of nitrogens with one attached hydrogen (secondary N) is 1. The van der Waals surface area contributed by atoms with Gasteiger partial charge in [0, 0.05) is 19.6 Å². The summed E-state index contributed by atoms with van der Waals surface area (Å²) in [5.74, 6) is 0. The van der Waals surface area contributed by atoms with Crippen LogP contribution in [0.4, 0.5) is 0 Å². The van der Waals surface area contributed by atoms with E-state index < -0.39 is 0 Å². The van der Waals surface area contributed by atoms with E-state index in [1.54, 1.807) is 0 Å². The summed E-state index contributed by atoms with van der Waals surface area (Å²) in [5.41, 5.74) is -0.0434. The predicted octanol–water partition coefficient (Wildman–Crippen LogP) is -0.728. The Morgan fingerprint density at radius 2 is 2.40 bits per heavy atom. The lowest BCUT2D eigenvalue weighted by Gasteiger charge is -2.41. The van der Waals surface area contributed by atoms with Crippen molar-refractivity contribution in [3.63, 3.8) is 0 Å². The zero-order valence-corrected chi connectivity index (χ0v) is 6.72. The molecule has 3 nitrogen and oxygen atoms in total. The van der Waals surface area contributed by atoms with Crippen molar-refractivity contribution in [1.82, 2.24) is 10.2 Å². The van der Waals surface area contributed by atoms with Gasteiger partial charge in [0.2, 0.25) is 0 Å². The molecule has 0 aromatic heterocycles. The van der Waals surface area contributed by atoms with Crippen LogP contribution in [0.5, 0.6) is 0 Å². The average Bonchev–Trinajstić information content (AvgIpc) is 1.96. The van der Waals surface area contributed by atoms with Crippen molar-refractivity contribution in [2.24, 2.45) is 0 Å². The molecule has 0 aliphatic carbocycles. The third-order valence-corrected chi connectivity index (χ3v) is 2.39. The van der Waals surface area contributed by atoms with E-state index in [4.69, 9.17) is 5.11 Å². The largest absolute Gasteiger partial charge is 0.394 e. The third-order valence-electron chi connectivity index (χ3n) is 2.39. The standard InChI is InChI=1S/C7H16N2O/c1-7(6-10)5-8-3-4-9(7)2/h8,10H,3-6H2,1-2H3. The molecule has 10 heavy (non-hydrogen) atoms. The van der Waals surface area contributed by atoms with E-state index in [1.165, 1.54) is 0 Å². The molecule has 0 bridgehead atoms. The maximum Gasteiger partial charge on any atom is 0.0625 e. The van der Waals surface area contributed by atoms with Gasteiger partial charge in [0.25, 0.3) is 0 Å². The fourth-order valence-electron chi connectivity index (χ4n) is 1.19. The highest BCUT2D eigenvalue weighted by atomic mass is 16.3. The number of hydrogen-bond acceptors (Lipinski definition) is 3. The molecule has 2 N–H and O–H groups in total. The summed E-state index contributed by atoms with van der Waals surface area (Å²) in [6.07, 6.45) is 0. The number of likely N-dealkylation sites (N-methyl/N-ethyl adjacent to an activating group) is 1. The molecule has 1 aliphatic heterocycles. The Hall–Kier alpha value is -0.120. The molecule has 1 rings (SSSR count). The van der Waals surface area contributed by atoms with Crippen molar-refractivity contribution in [2.75, 3.05) is 33.3 Å². The highest BCUT2D eigenvalue weighted by molar-refractivity contribution is 4.89. The molecule has 1 fully saturated rings. The molecule has 1 atom stereocenters. The molecule has 3 heteroatoms. The van der Waals surface area contributed by atoms with Gasteiger partial charge < -0.3 is 10.4 Å². The Balaban J connectivity index is 2.54. The summed E-state index contributed by atoms with van der Waals surface area (Å²) >= 11 is 0. The van der Waals surface area contributed by atoms with E-state index in [0.717, 1.165) is 19.6 Å². The summed E-state index contributed by atoms with van der Waals surface area (Å²) in [5, 5.41) is 12.3. The Labute approximate surface area is 62.0 Å². The second-order valence-electron chi connectivity index (χ2n) is 3.25. The molecular weight excluding hydrogens is 128 g/mol. The van der Waals surface area contributed by atoms with Crippen LogP contribution in [0.15, 0.2) is 0 Å². The fourth-order valence-corrected chi connectivity index (χ4v) is 1.19. The van der Waals surface area contributed by atoms with Crippen LogP contribution in [0.3, 0.4) is 0 Å². The zero-order chi connectivity index (χ0) is 7.61. The Morgan fingerprint density at radius 3 is 2.80 bits per heavy atom. The van der Waals surface area contributed by atoms with E-state index >= 15 is 0 Å². The lowest BCUT2D eigenvalue weighted by Crippen LogP contribution is -2.59. The number of rotatable bonds is 1. The molecule has 1 unspecified atom stereocenters. The van der Waals surface area contributed by atoms with Gasteiger partial charge in [-0.2, -0.15) is 0 Å². The second-order valence-corrected chi connectivity index (χ2v) is 3.25. The molecular formula is C7H16N2O. The van der Waals surface area contributed by atoms with Gasteiger partial charge >= 0.3 is 0 Å². The van der Waals surface area contributed by atoms with Crippen LogP contribution >= 0.6 is 0 Å². The van der Waals surface area contributed by atoms with E-state index in [2.05, 4.69) is 24.2 Å². The first-order valence-electron chi connectivity index (χ1n) is 3.72. The van der Waals surface area contributed by atoms with Crippen molar-refractivity contribution in [2.45, 2.75) is 12.5 Å². The normalized spacial score (nSPS) is 36.3. The van der Waals surface area contributed by atoms with Crippen molar-refractivity contribution in [3.05, 3.63) is 0 Å². The van der Waals surface area contributed by atoms with Gasteiger partial charge in [-0.15, -0.1) is 0 Å². The maximum absolute atomic E-state index is 9.04. The molecule has 0 saturated carbocycles. The Kier molecular flexibility index (Phi) is 2.28. The first-order chi connectivity index (χ1) is 4.69. The van der Waals surface area contributed by atoms with Gasteiger partial charge in [0.15, 0.2) is 0 Å². The average molecular weight is 144 g/mol. The van der Waals surface area contributed by atoms with Crippen molar-refractivity contribution in [1.29, 1.82) is 0 Å². The number of nitrogens with zero attached hydrogens (tertiary/aromatic N) is 1. The molecule has 1 heterocycles. The number of hydrogen-bond donors (Lipinski definition) is 2. The smallest absolute Gasteiger partial charge is 0.0625 e. The third kappa shape index (κ3) is 1.31.